The molecule has 0 atom stereocenters. The fourth-order valence-corrected chi connectivity index (χ4v) is 2.05. The van der Waals surface area contributed by atoms with E-state index in [4.69, 9.17) is 10.8 Å². The fraction of sp³-hybridized carbons (Fsp3) is 0.400. The third kappa shape index (κ3) is 2.53. The predicted octanol–water partition coefficient (Wildman–Crippen LogP) is 0.399. The van der Waals surface area contributed by atoms with Crippen molar-refractivity contribution in [3.05, 3.63) is 12.0 Å². The quantitative estimate of drug-likeness (QED) is 0.807. The molecule has 0 saturated carbocycles. The van der Waals surface area contributed by atoms with Crippen molar-refractivity contribution < 1.29 is 9.90 Å². The molecule has 8 heteroatoms. The Hall–Kier alpha value is -1.83. The van der Waals surface area contributed by atoms with Crippen molar-refractivity contribution in [2.45, 2.75) is 13.0 Å². The molecule has 3 N–H and O–H groups in total. The van der Waals surface area contributed by atoms with Crippen molar-refractivity contribution in [1.29, 1.82) is 0 Å². The number of nitrogens with zero attached hydrogens (tertiary/aromatic N) is 4. The number of rotatable bonds is 5. The van der Waals surface area contributed by atoms with Crippen LogP contribution in [0.5, 0.6) is 0 Å². The van der Waals surface area contributed by atoms with Crippen LogP contribution in [-0.4, -0.2) is 42.6 Å². The van der Waals surface area contributed by atoms with E-state index in [0.717, 1.165) is 17.9 Å². The number of carbonyl (C=O) groups is 1. The van der Waals surface area contributed by atoms with E-state index < -0.39 is 5.97 Å². The summed E-state index contributed by atoms with van der Waals surface area (Å²) >= 11 is 1.70. The van der Waals surface area contributed by atoms with Crippen molar-refractivity contribution in [3.8, 4) is 0 Å². The average Bonchev–Trinajstić information content (AvgIpc) is 2.68. The van der Waals surface area contributed by atoms with Gasteiger partial charge in [-0.05, 0) is 12.0 Å². The van der Waals surface area contributed by atoms with Gasteiger partial charge in [0.15, 0.2) is 5.65 Å². The van der Waals surface area contributed by atoms with E-state index in [9.17, 15) is 4.79 Å². The highest BCUT2D eigenvalue weighted by atomic mass is 32.2. The number of aliphatic carboxylic acids is 1. The number of carboxylic acid groups (broad SMARTS) is 1. The summed E-state index contributed by atoms with van der Waals surface area (Å²) in [5.74, 6) is 0.0973. The van der Waals surface area contributed by atoms with Crippen LogP contribution in [-0.2, 0) is 17.8 Å². The summed E-state index contributed by atoms with van der Waals surface area (Å²) in [5.41, 5.74) is 7.50. The zero-order chi connectivity index (χ0) is 13.1. The zero-order valence-corrected chi connectivity index (χ0v) is 10.6. The molecule has 0 bridgehead atoms. The molecule has 2 rings (SSSR count). The van der Waals surface area contributed by atoms with E-state index in [1.165, 1.54) is 10.9 Å². The normalized spacial score (nSPS) is 10.9. The second kappa shape index (κ2) is 5.21. The number of carboxylic acids is 1. The highest BCUT2D eigenvalue weighted by Gasteiger charge is 2.13. The Balaban J connectivity index is 2.47. The molecule has 0 fully saturated rings. The summed E-state index contributed by atoms with van der Waals surface area (Å²) < 4.78 is 1.46. The number of hydrogen-bond donors (Lipinski definition) is 2. The summed E-state index contributed by atoms with van der Waals surface area (Å²) in [7, 11) is 0. The van der Waals surface area contributed by atoms with Gasteiger partial charge in [0.2, 0.25) is 5.95 Å². The molecule has 0 spiro atoms. The SMILES string of the molecule is CSCCc1nc(N)nc2c1ncn2CC(=O)O. The summed E-state index contributed by atoms with van der Waals surface area (Å²) in [5, 5.41) is 8.80. The third-order valence-electron chi connectivity index (χ3n) is 2.40. The smallest absolute Gasteiger partial charge is 0.323 e. The standard InChI is InChI=1S/C10H13N5O2S/c1-18-3-2-6-8-9(14-10(11)13-6)15(5-12-8)4-7(16)17/h5H,2-4H2,1H3,(H,16,17)(H2,11,13,14). The van der Waals surface area contributed by atoms with Gasteiger partial charge in [0.05, 0.1) is 12.0 Å². The minimum absolute atomic E-state index is 0.144. The molecular weight excluding hydrogens is 254 g/mol. The molecular formula is C10H13N5O2S. The summed E-state index contributed by atoms with van der Waals surface area (Å²) in [6.07, 6.45) is 4.19. The number of fused-ring (bicyclic) bond motifs is 1. The van der Waals surface area contributed by atoms with E-state index in [1.807, 2.05) is 6.26 Å². The number of hydrogen-bond acceptors (Lipinski definition) is 6. The second-order valence-electron chi connectivity index (χ2n) is 3.71. The number of nitrogen functional groups attached to an aromatic ring is 1. The van der Waals surface area contributed by atoms with Gasteiger partial charge in [-0.15, -0.1) is 0 Å². The second-order valence-corrected chi connectivity index (χ2v) is 4.70. The van der Waals surface area contributed by atoms with Gasteiger partial charge in [0.1, 0.15) is 12.1 Å². The number of imidazole rings is 1. The van der Waals surface area contributed by atoms with Crippen LogP contribution < -0.4 is 5.73 Å². The molecule has 0 aliphatic heterocycles. The largest absolute Gasteiger partial charge is 0.480 e. The van der Waals surface area contributed by atoms with E-state index >= 15 is 0 Å². The Kier molecular flexibility index (Phi) is 3.66. The first kappa shape index (κ1) is 12.6. The maximum Gasteiger partial charge on any atom is 0.323 e. The summed E-state index contributed by atoms with van der Waals surface area (Å²) in [6, 6.07) is 0. The molecule has 0 amide bonds. The molecule has 0 aliphatic rings. The van der Waals surface area contributed by atoms with E-state index in [-0.39, 0.29) is 12.5 Å². The molecule has 18 heavy (non-hydrogen) atoms. The first-order valence-electron chi connectivity index (χ1n) is 5.29. The molecule has 0 unspecified atom stereocenters. The molecule has 96 valence electrons. The zero-order valence-electron chi connectivity index (χ0n) is 9.83. The average molecular weight is 267 g/mol. The molecule has 2 aromatic heterocycles. The van der Waals surface area contributed by atoms with Crippen LogP contribution in [0.4, 0.5) is 5.95 Å². The van der Waals surface area contributed by atoms with Gasteiger partial charge in [-0.2, -0.15) is 16.7 Å². The van der Waals surface area contributed by atoms with Crippen molar-refractivity contribution in [1.82, 2.24) is 19.5 Å². The van der Waals surface area contributed by atoms with Gasteiger partial charge in [0, 0.05) is 6.42 Å². The summed E-state index contributed by atoms with van der Waals surface area (Å²) in [4.78, 5) is 23.1. The summed E-state index contributed by atoms with van der Waals surface area (Å²) in [6.45, 7) is -0.186. The van der Waals surface area contributed by atoms with Gasteiger partial charge >= 0.3 is 5.97 Å². The Morgan fingerprint density at radius 3 is 3.00 bits per heavy atom. The predicted molar refractivity (Wildman–Crippen MR) is 69.5 cm³/mol. The number of anilines is 1. The lowest BCUT2D eigenvalue weighted by Crippen LogP contribution is -2.09. The lowest BCUT2D eigenvalue weighted by molar-refractivity contribution is -0.137. The van der Waals surface area contributed by atoms with Crippen molar-refractivity contribution in [2.75, 3.05) is 17.7 Å². The third-order valence-corrected chi connectivity index (χ3v) is 3.01. The first-order valence-corrected chi connectivity index (χ1v) is 6.69. The molecule has 2 aromatic rings. The fourth-order valence-electron chi connectivity index (χ4n) is 1.66. The van der Waals surface area contributed by atoms with Crippen LogP contribution in [0, 0.1) is 0 Å². The molecule has 0 aliphatic carbocycles. The topological polar surface area (TPSA) is 107 Å². The Morgan fingerprint density at radius 1 is 1.56 bits per heavy atom. The Bertz CT molecular complexity index is 583. The van der Waals surface area contributed by atoms with Crippen molar-refractivity contribution in [2.24, 2.45) is 0 Å². The Morgan fingerprint density at radius 2 is 2.33 bits per heavy atom. The maximum absolute atomic E-state index is 10.7. The van der Waals surface area contributed by atoms with Crippen LogP contribution in [0.2, 0.25) is 0 Å². The van der Waals surface area contributed by atoms with Gasteiger partial charge in [-0.25, -0.2) is 9.97 Å². The van der Waals surface area contributed by atoms with Crippen LogP contribution in [0.15, 0.2) is 6.33 Å². The first-order chi connectivity index (χ1) is 8.61. The highest BCUT2D eigenvalue weighted by molar-refractivity contribution is 7.98. The van der Waals surface area contributed by atoms with E-state index in [2.05, 4.69) is 15.0 Å². The van der Waals surface area contributed by atoms with E-state index in [1.54, 1.807) is 11.8 Å². The molecule has 0 aromatic carbocycles. The van der Waals surface area contributed by atoms with Crippen LogP contribution in [0.1, 0.15) is 5.69 Å². The van der Waals surface area contributed by atoms with Crippen LogP contribution in [0.3, 0.4) is 0 Å². The molecule has 0 saturated heterocycles. The molecule has 7 nitrogen and oxygen atoms in total. The Labute approximate surface area is 107 Å². The van der Waals surface area contributed by atoms with Crippen LogP contribution in [0.25, 0.3) is 11.2 Å². The molecule has 2 heterocycles. The minimum Gasteiger partial charge on any atom is -0.480 e. The van der Waals surface area contributed by atoms with Gasteiger partial charge in [0.25, 0.3) is 0 Å². The lowest BCUT2D eigenvalue weighted by atomic mass is 10.3. The van der Waals surface area contributed by atoms with Gasteiger partial charge in [-0.1, -0.05) is 0 Å². The number of aryl methyl sites for hydroxylation is 1. The van der Waals surface area contributed by atoms with E-state index in [0.29, 0.717) is 11.2 Å². The molecule has 0 radical (unpaired) electrons. The number of thioether (sulfide) groups is 1. The maximum atomic E-state index is 10.7. The number of aromatic nitrogens is 4. The van der Waals surface area contributed by atoms with Gasteiger partial charge < -0.3 is 15.4 Å². The monoisotopic (exact) mass is 267 g/mol. The highest BCUT2D eigenvalue weighted by Crippen LogP contribution is 2.16. The van der Waals surface area contributed by atoms with Gasteiger partial charge in [-0.3, -0.25) is 4.79 Å². The number of nitrogens with two attached hydrogens (primary N) is 1. The van der Waals surface area contributed by atoms with Crippen molar-refractivity contribution in [3.63, 3.8) is 0 Å². The lowest BCUT2D eigenvalue weighted by Gasteiger charge is -2.03. The van der Waals surface area contributed by atoms with Crippen molar-refractivity contribution >= 4 is 34.8 Å². The van der Waals surface area contributed by atoms with Crippen LogP contribution >= 0.6 is 11.8 Å². The minimum atomic E-state index is -0.947.